The molecule has 3 rings (SSSR count). The van der Waals surface area contributed by atoms with Crippen LogP contribution in [-0.4, -0.2) is 51.3 Å². The van der Waals surface area contributed by atoms with Crippen LogP contribution in [0, 0.1) is 6.92 Å². The van der Waals surface area contributed by atoms with E-state index in [9.17, 15) is 18.0 Å². The molecule has 0 spiro atoms. The van der Waals surface area contributed by atoms with Crippen LogP contribution in [0.15, 0.2) is 47.4 Å². The summed E-state index contributed by atoms with van der Waals surface area (Å²) in [6.07, 6.45) is 1.22. The Balaban J connectivity index is 1.97. The first-order valence-corrected chi connectivity index (χ1v) is 12.4. The maximum Gasteiger partial charge on any atom is 0.245 e. The largest absolute Gasteiger partial charge is 0.385 e. The lowest BCUT2D eigenvalue weighted by Gasteiger charge is -2.36. The molecule has 0 unspecified atom stereocenters. The highest BCUT2D eigenvalue weighted by Crippen LogP contribution is 2.38. The van der Waals surface area contributed by atoms with E-state index in [1.165, 1.54) is 11.2 Å². The number of hydrogen-bond acceptors (Lipinski definition) is 5. The van der Waals surface area contributed by atoms with Crippen LogP contribution in [0.5, 0.6) is 0 Å². The summed E-state index contributed by atoms with van der Waals surface area (Å²) in [4.78, 5) is 24.5. The van der Waals surface area contributed by atoms with Gasteiger partial charge in [0.2, 0.25) is 21.8 Å². The molecule has 0 bridgehead atoms. The fraction of sp³-hybridized carbons (Fsp3) is 0.417. The zero-order valence-electron chi connectivity index (χ0n) is 19.3. The minimum Gasteiger partial charge on any atom is -0.385 e. The molecular weight excluding hydrogens is 442 g/mol. The molecule has 8 nitrogen and oxygen atoms in total. The fourth-order valence-corrected chi connectivity index (χ4v) is 5.92. The lowest BCUT2D eigenvalue weighted by molar-refractivity contribution is -0.122. The summed E-state index contributed by atoms with van der Waals surface area (Å²) in [6.45, 7) is 4.37. The predicted octanol–water partition coefficient (Wildman–Crippen LogP) is 2.78. The van der Waals surface area contributed by atoms with Gasteiger partial charge in [0.1, 0.15) is 4.90 Å². The fourth-order valence-electron chi connectivity index (χ4n) is 4.08. The molecule has 0 saturated carbocycles. The Kier molecular flexibility index (Phi) is 8.23. The second kappa shape index (κ2) is 10.9. The van der Waals surface area contributed by atoms with Crippen LogP contribution in [-0.2, 0) is 30.8 Å². The third-order valence-electron chi connectivity index (χ3n) is 5.62. The zero-order valence-corrected chi connectivity index (χ0v) is 20.1. The normalized spacial score (nSPS) is 16.2. The monoisotopic (exact) mass is 473 g/mol. The number of ether oxygens (including phenoxy) is 1. The van der Waals surface area contributed by atoms with Crippen molar-refractivity contribution in [3.63, 3.8) is 0 Å². The highest BCUT2D eigenvalue weighted by atomic mass is 32.2. The number of nitrogens with zero attached hydrogens (tertiary/aromatic N) is 1. The number of amides is 2. The number of methoxy groups -OCH3 is 1. The standard InChI is InChI=1S/C24H31N3O5S/c1-17-9-10-21(26-18(2)28)23(15-17)33(30,31)27-13-11-19-7-4-5-8-20(19)22(27)16-24(29)25-12-6-14-32-3/h4-5,7-10,15,22H,6,11-14,16H2,1-3H3,(H,25,29)(H,26,28)/t22-/m1/s1. The predicted molar refractivity (Wildman–Crippen MR) is 126 cm³/mol. The minimum atomic E-state index is -4.01. The van der Waals surface area contributed by atoms with Crippen molar-refractivity contribution in [1.29, 1.82) is 0 Å². The van der Waals surface area contributed by atoms with Crippen molar-refractivity contribution in [1.82, 2.24) is 9.62 Å². The summed E-state index contributed by atoms with van der Waals surface area (Å²) in [6, 6.07) is 11.9. The summed E-state index contributed by atoms with van der Waals surface area (Å²) < 4.78 is 34.1. The smallest absolute Gasteiger partial charge is 0.245 e. The number of sulfonamides is 1. The maximum absolute atomic E-state index is 13.9. The topological polar surface area (TPSA) is 105 Å². The molecule has 1 aliphatic rings. The maximum atomic E-state index is 13.9. The van der Waals surface area contributed by atoms with Gasteiger partial charge >= 0.3 is 0 Å². The Hall–Kier alpha value is -2.75. The number of fused-ring (bicyclic) bond motifs is 1. The summed E-state index contributed by atoms with van der Waals surface area (Å²) in [5.41, 5.74) is 2.85. The van der Waals surface area contributed by atoms with Crippen molar-refractivity contribution in [3.8, 4) is 0 Å². The molecule has 2 aromatic rings. The number of carbonyl (C=O) groups is 2. The van der Waals surface area contributed by atoms with E-state index >= 15 is 0 Å². The van der Waals surface area contributed by atoms with Gasteiger partial charge in [0.25, 0.3) is 0 Å². The van der Waals surface area contributed by atoms with Crippen molar-refractivity contribution < 1.29 is 22.7 Å². The van der Waals surface area contributed by atoms with E-state index < -0.39 is 16.1 Å². The van der Waals surface area contributed by atoms with Gasteiger partial charge < -0.3 is 15.4 Å². The average Bonchev–Trinajstić information content (AvgIpc) is 2.77. The van der Waals surface area contributed by atoms with Crippen LogP contribution < -0.4 is 10.6 Å². The molecule has 0 fully saturated rings. The Morgan fingerprint density at radius 1 is 1.18 bits per heavy atom. The zero-order chi connectivity index (χ0) is 24.0. The summed E-state index contributed by atoms with van der Waals surface area (Å²) >= 11 is 0. The first kappa shape index (κ1) is 24.9. The molecule has 9 heteroatoms. The average molecular weight is 474 g/mol. The van der Waals surface area contributed by atoms with Crippen LogP contribution in [0.25, 0.3) is 0 Å². The first-order chi connectivity index (χ1) is 15.7. The molecule has 0 aromatic heterocycles. The van der Waals surface area contributed by atoms with Crippen LogP contribution in [0.4, 0.5) is 5.69 Å². The van der Waals surface area contributed by atoms with Gasteiger partial charge in [-0.3, -0.25) is 9.59 Å². The number of hydrogen-bond donors (Lipinski definition) is 2. The van der Waals surface area contributed by atoms with E-state index in [-0.39, 0.29) is 35.4 Å². The number of benzene rings is 2. The summed E-state index contributed by atoms with van der Waals surface area (Å²) in [7, 11) is -2.41. The quantitative estimate of drug-likeness (QED) is 0.545. The van der Waals surface area contributed by atoms with Crippen molar-refractivity contribution in [2.24, 2.45) is 0 Å². The van der Waals surface area contributed by atoms with Crippen molar-refractivity contribution >= 4 is 27.5 Å². The van der Waals surface area contributed by atoms with E-state index in [1.54, 1.807) is 32.2 Å². The van der Waals surface area contributed by atoms with Crippen LogP contribution in [0.2, 0.25) is 0 Å². The van der Waals surface area contributed by atoms with E-state index in [2.05, 4.69) is 10.6 Å². The molecule has 2 amide bonds. The highest BCUT2D eigenvalue weighted by Gasteiger charge is 2.38. The minimum absolute atomic E-state index is 0.00448. The number of nitrogens with one attached hydrogen (secondary N) is 2. The Bertz CT molecular complexity index is 1120. The van der Waals surface area contributed by atoms with E-state index in [0.717, 1.165) is 16.7 Å². The number of anilines is 1. The highest BCUT2D eigenvalue weighted by molar-refractivity contribution is 7.89. The third kappa shape index (κ3) is 5.98. The Labute approximate surface area is 195 Å². The summed E-state index contributed by atoms with van der Waals surface area (Å²) in [5, 5.41) is 5.48. The van der Waals surface area contributed by atoms with Gasteiger partial charge in [-0.05, 0) is 48.6 Å². The molecule has 1 aliphatic heterocycles. The van der Waals surface area contributed by atoms with Gasteiger partial charge in [-0.2, -0.15) is 4.31 Å². The summed E-state index contributed by atoms with van der Waals surface area (Å²) in [5.74, 6) is -0.578. The molecule has 2 aromatic carbocycles. The van der Waals surface area contributed by atoms with Crippen LogP contribution in [0.3, 0.4) is 0 Å². The van der Waals surface area contributed by atoms with Crippen LogP contribution >= 0.6 is 0 Å². The molecule has 0 aliphatic carbocycles. The van der Waals surface area contributed by atoms with Gasteiger partial charge in [-0.15, -0.1) is 0 Å². The van der Waals surface area contributed by atoms with E-state index in [1.807, 2.05) is 24.3 Å². The molecule has 0 radical (unpaired) electrons. The van der Waals surface area contributed by atoms with Gasteiger partial charge in [-0.1, -0.05) is 30.3 Å². The van der Waals surface area contributed by atoms with E-state index in [0.29, 0.717) is 26.0 Å². The molecule has 33 heavy (non-hydrogen) atoms. The van der Waals surface area contributed by atoms with Gasteiger partial charge in [-0.25, -0.2) is 8.42 Å². The van der Waals surface area contributed by atoms with Crippen molar-refractivity contribution in [2.45, 2.75) is 44.0 Å². The van der Waals surface area contributed by atoms with Crippen LogP contribution in [0.1, 0.15) is 42.5 Å². The van der Waals surface area contributed by atoms with Gasteiger partial charge in [0.15, 0.2) is 0 Å². The Morgan fingerprint density at radius 2 is 1.94 bits per heavy atom. The molecule has 0 saturated heterocycles. The van der Waals surface area contributed by atoms with Crippen molar-refractivity contribution in [2.75, 3.05) is 32.1 Å². The lowest BCUT2D eigenvalue weighted by atomic mass is 9.92. The lowest BCUT2D eigenvalue weighted by Crippen LogP contribution is -2.42. The number of rotatable bonds is 9. The second-order valence-corrected chi connectivity index (χ2v) is 10.0. The second-order valence-electron chi connectivity index (χ2n) is 8.16. The number of aryl methyl sites for hydroxylation is 1. The van der Waals surface area contributed by atoms with E-state index in [4.69, 9.17) is 4.74 Å². The molecule has 1 heterocycles. The van der Waals surface area contributed by atoms with Gasteiger partial charge in [0, 0.05) is 40.2 Å². The van der Waals surface area contributed by atoms with Crippen molar-refractivity contribution in [3.05, 3.63) is 59.2 Å². The molecule has 1 atom stereocenters. The molecular formula is C24H31N3O5S. The molecule has 2 N–H and O–H groups in total. The Morgan fingerprint density at radius 3 is 2.67 bits per heavy atom. The SMILES string of the molecule is COCCCNC(=O)C[C@@H]1c2ccccc2CCN1S(=O)(=O)c1cc(C)ccc1NC(C)=O. The number of carbonyl (C=O) groups excluding carboxylic acids is 2. The third-order valence-corrected chi connectivity index (χ3v) is 7.57. The first-order valence-electron chi connectivity index (χ1n) is 11.0. The van der Waals surface area contributed by atoms with Gasteiger partial charge in [0.05, 0.1) is 11.7 Å². The molecule has 178 valence electrons.